The summed E-state index contributed by atoms with van der Waals surface area (Å²) in [5.74, 6) is -0.668. The molecular weight excluding hydrogens is 194 g/mol. The van der Waals surface area contributed by atoms with E-state index in [1.807, 2.05) is 0 Å². The molecule has 0 saturated carbocycles. The molecule has 13 heavy (non-hydrogen) atoms. The van der Waals surface area contributed by atoms with Gasteiger partial charge < -0.3 is 15.2 Å². The van der Waals surface area contributed by atoms with Gasteiger partial charge in [-0.2, -0.15) is 0 Å². The van der Waals surface area contributed by atoms with Crippen LogP contribution in [0.5, 0.6) is 0 Å². The standard InChI is InChI=1S/C8H15NO3.ClH/c1-12-7(8(10)11)6-2-4-9-5-3-6;/h6-7,9H,2-5H2,1H3,(H,10,11);1H. The summed E-state index contributed by atoms with van der Waals surface area (Å²) in [4.78, 5) is 10.7. The Morgan fingerprint density at radius 2 is 2.08 bits per heavy atom. The van der Waals surface area contributed by atoms with Crippen molar-refractivity contribution in [2.24, 2.45) is 5.92 Å². The number of hydrogen-bond donors (Lipinski definition) is 2. The highest BCUT2D eigenvalue weighted by Crippen LogP contribution is 2.18. The monoisotopic (exact) mass is 209 g/mol. The highest BCUT2D eigenvalue weighted by Gasteiger charge is 2.28. The zero-order valence-electron chi connectivity index (χ0n) is 7.66. The number of nitrogens with one attached hydrogen (secondary N) is 1. The van der Waals surface area contributed by atoms with E-state index in [-0.39, 0.29) is 18.3 Å². The molecule has 0 bridgehead atoms. The van der Waals surface area contributed by atoms with Crippen molar-refractivity contribution >= 4 is 18.4 Å². The second-order valence-corrected chi connectivity index (χ2v) is 3.08. The molecule has 1 saturated heterocycles. The van der Waals surface area contributed by atoms with Gasteiger partial charge in [0.15, 0.2) is 6.10 Å². The van der Waals surface area contributed by atoms with E-state index in [4.69, 9.17) is 9.84 Å². The maximum Gasteiger partial charge on any atom is 0.333 e. The van der Waals surface area contributed by atoms with Crippen molar-refractivity contribution in [1.82, 2.24) is 5.32 Å². The zero-order chi connectivity index (χ0) is 8.97. The molecule has 0 spiro atoms. The lowest BCUT2D eigenvalue weighted by molar-refractivity contribution is -0.152. The Morgan fingerprint density at radius 1 is 1.54 bits per heavy atom. The van der Waals surface area contributed by atoms with Crippen molar-refractivity contribution in [3.63, 3.8) is 0 Å². The van der Waals surface area contributed by atoms with Crippen LogP contribution in [0, 0.1) is 5.92 Å². The number of piperidine rings is 1. The number of ether oxygens (including phenoxy) is 1. The average Bonchev–Trinajstić information content (AvgIpc) is 2.07. The Bertz CT molecular complexity index is 159. The highest BCUT2D eigenvalue weighted by molar-refractivity contribution is 5.85. The van der Waals surface area contributed by atoms with E-state index in [9.17, 15) is 4.79 Å². The first-order valence-electron chi connectivity index (χ1n) is 4.22. The molecule has 0 amide bonds. The van der Waals surface area contributed by atoms with Gasteiger partial charge >= 0.3 is 5.97 Å². The van der Waals surface area contributed by atoms with Gasteiger partial charge in [-0.25, -0.2) is 4.79 Å². The van der Waals surface area contributed by atoms with Crippen LogP contribution in [0.2, 0.25) is 0 Å². The van der Waals surface area contributed by atoms with Crippen molar-refractivity contribution in [3.05, 3.63) is 0 Å². The Labute approximate surface area is 84.1 Å². The maximum absolute atomic E-state index is 10.7. The van der Waals surface area contributed by atoms with Crippen molar-refractivity contribution in [2.45, 2.75) is 18.9 Å². The molecule has 5 heteroatoms. The van der Waals surface area contributed by atoms with Gasteiger partial charge in [-0.3, -0.25) is 0 Å². The largest absolute Gasteiger partial charge is 0.479 e. The van der Waals surface area contributed by atoms with Crippen LogP contribution in [0.4, 0.5) is 0 Å². The molecule has 1 unspecified atom stereocenters. The van der Waals surface area contributed by atoms with Crippen LogP contribution >= 0.6 is 12.4 Å². The third-order valence-electron chi connectivity index (χ3n) is 2.31. The van der Waals surface area contributed by atoms with Crippen LogP contribution in [0.1, 0.15) is 12.8 Å². The maximum atomic E-state index is 10.7. The van der Waals surface area contributed by atoms with E-state index in [0.29, 0.717) is 0 Å². The van der Waals surface area contributed by atoms with E-state index in [2.05, 4.69) is 5.32 Å². The van der Waals surface area contributed by atoms with Gasteiger partial charge in [0.05, 0.1) is 0 Å². The molecule has 1 aliphatic rings. The lowest BCUT2D eigenvalue weighted by Gasteiger charge is -2.26. The molecule has 1 atom stereocenters. The first kappa shape index (κ1) is 12.7. The fourth-order valence-electron chi connectivity index (χ4n) is 1.64. The van der Waals surface area contributed by atoms with Crippen LogP contribution in [-0.2, 0) is 9.53 Å². The minimum absolute atomic E-state index is 0. The number of hydrogen-bond acceptors (Lipinski definition) is 3. The summed E-state index contributed by atoms with van der Waals surface area (Å²) in [5, 5.41) is 12.0. The molecular formula is C8H16ClNO3. The minimum Gasteiger partial charge on any atom is -0.479 e. The Morgan fingerprint density at radius 3 is 2.46 bits per heavy atom. The van der Waals surface area contributed by atoms with E-state index >= 15 is 0 Å². The van der Waals surface area contributed by atoms with Gasteiger partial charge in [-0.15, -0.1) is 12.4 Å². The smallest absolute Gasteiger partial charge is 0.333 e. The van der Waals surface area contributed by atoms with Crippen LogP contribution in [-0.4, -0.2) is 37.4 Å². The Hall–Kier alpha value is -0.320. The van der Waals surface area contributed by atoms with Gasteiger partial charge in [0, 0.05) is 7.11 Å². The lowest BCUT2D eigenvalue weighted by atomic mass is 9.92. The lowest BCUT2D eigenvalue weighted by Crippen LogP contribution is -2.39. The first-order chi connectivity index (χ1) is 5.75. The third-order valence-corrected chi connectivity index (χ3v) is 2.31. The summed E-state index contributed by atoms with van der Waals surface area (Å²) in [6.45, 7) is 1.80. The number of aliphatic carboxylic acids is 1. The second kappa shape index (κ2) is 6.18. The van der Waals surface area contributed by atoms with Crippen LogP contribution in [0.25, 0.3) is 0 Å². The van der Waals surface area contributed by atoms with Crippen LogP contribution < -0.4 is 5.32 Å². The summed E-state index contributed by atoms with van der Waals surface area (Å²) in [6, 6.07) is 0. The summed E-state index contributed by atoms with van der Waals surface area (Å²) in [5.41, 5.74) is 0. The molecule has 0 aromatic heterocycles. The predicted molar refractivity (Wildman–Crippen MR) is 51.3 cm³/mol. The number of carboxylic acid groups (broad SMARTS) is 1. The topological polar surface area (TPSA) is 58.6 Å². The minimum atomic E-state index is -0.843. The molecule has 0 aliphatic carbocycles. The number of halogens is 1. The average molecular weight is 210 g/mol. The van der Waals surface area contributed by atoms with Gasteiger partial charge in [-0.05, 0) is 31.8 Å². The third kappa shape index (κ3) is 3.50. The van der Waals surface area contributed by atoms with Gasteiger partial charge in [-0.1, -0.05) is 0 Å². The summed E-state index contributed by atoms with van der Waals surface area (Å²) in [7, 11) is 1.46. The molecule has 1 fully saturated rings. The highest BCUT2D eigenvalue weighted by atomic mass is 35.5. The van der Waals surface area contributed by atoms with Crippen LogP contribution in [0.3, 0.4) is 0 Å². The van der Waals surface area contributed by atoms with Crippen LogP contribution in [0.15, 0.2) is 0 Å². The van der Waals surface area contributed by atoms with E-state index in [0.717, 1.165) is 25.9 Å². The molecule has 1 rings (SSSR count). The molecule has 0 aromatic carbocycles. The quantitative estimate of drug-likeness (QED) is 0.711. The van der Waals surface area contributed by atoms with Crippen molar-refractivity contribution < 1.29 is 14.6 Å². The van der Waals surface area contributed by atoms with Gasteiger partial charge in [0.1, 0.15) is 0 Å². The van der Waals surface area contributed by atoms with Gasteiger partial charge in [0.25, 0.3) is 0 Å². The molecule has 1 aliphatic heterocycles. The first-order valence-corrected chi connectivity index (χ1v) is 4.22. The number of methoxy groups -OCH3 is 1. The van der Waals surface area contributed by atoms with Gasteiger partial charge in [0.2, 0.25) is 0 Å². The SMILES string of the molecule is COC(C(=O)O)C1CCNCC1.Cl. The van der Waals surface area contributed by atoms with Crippen molar-refractivity contribution in [2.75, 3.05) is 20.2 Å². The van der Waals surface area contributed by atoms with E-state index in [1.54, 1.807) is 0 Å². The van der Waals surface area contributed by atoms with E-state index in [1.165, 1.54) is 7.11 Å². The van der Waals surface area contributed by atoms with E-state index < -0.39 is 12.1 Å². The molecule has 0 aromatic rings. The molecule has 0 radical (unpaired) electrons. The molecule has 78 valence electrons. The fourth-order valence-corrected chi connectivity index (χ4v) is 1.64. The number of rotatable bonds is 3. The Balaban J connectivity index is 0.00000144. The van der Waals surface area contributed by atoms with Crippen molar-refractivity contribution in [3.8, 4) is 0 Å². The normalized spacial score (nSPS) is 20.4. The Kier molecular flexibility index (Phi) is 6.03. The molecule has 1 heterocycles. The second-order valence-electron chi connectivity index (χ2n) is 3.08. The molecule has 2 N–H and O–H groups in total. The summed E-state index contributed by atoms with van der Waals surface area (Å²) in [6.07, 6.45) is 1.17. The predicted octanol–water partition coefficient (Wildman–Crippen LogP) is 0.507. The molecule has 4 nitrogen and oxygen atoms in total. The zero-order valence-corrected chi connectivity index (χ0v) is 8.47. The summed E-state index contributed by atoms with van der Waals surface area (Å²) >= 11 is 0. The number of carbonyl (C=O) groups is 1. The fraction of sp³-hybridized carbons (Fsp3) is 0.875. The summed E-state index contributed by atoms with van der Waals surface area (Å²) < 4.78 is 4.92. The number of carboxylic acids is 1. The van der Waals surface area contributed by atoms with Crippen molar-refractivity contribution in [1.29, 1.82) is 0 Å².